The second-order valence-electron chi connectivity index (χ2n) is 7.56. The van der Waals surface area contributed by atoms with Gasteiger partial charge in [-0.2, -0.15) is 0 Å². The van der Waals surface area contributed by atoms with Crippen LogP contribution in [-0.2, 0) is 9.53 Å². The van der Waals surface area contributed by atoms with Crippen LogP contribution in [-0.4, -0.2) is 35.5 Å². The van der Waals surface area contributed by atoms with Crippen LogP contribution in [0.1, 0.15) is 110 Å². The van der Waals surface area contributed by atoms with Gasteiger partial charge in [0, 0.05) is 6.42 Å². The monoisotopic (exact) mass is 384 g/mol. The lowest BCUT2D eigenvalue weighted by molar-refractivity contribution is -0.147. The van der Waals surface area contributed by atoms with E-state index in [0.29, 0.717) is 6.42 Å². The highest BCUT2D eigenvalue weighted by atomic mass is 16.5. The summed E-state index contributed by atoms with van der Waals surface area (Å²) in [7, 11) is 0. The maximum absolute atomic E-state index is 11.4. The van der Waals surface area contributed by atoms with Crippen molar-refractivity contribution in [3.63, 3.8) is 0 Å². The van der Waals surface area contributed by atoms with E-state index in [2.05, 4.69) is 19.1 Å². The molecule has 0 saturated carbocycles. The van der Waals surface area contributed by atoms with Crippen LogP contribution in [0, 0.1) is 0 Å². The van der Waals surface area contributed by atoms with E-state index in [-0.39, 0.29) is 19.2 Å². The number of hydrogen-bond donors (Lipinski definition) is 2. The molecule has 27 heavy (non-hydrogen) atoms. The minimum Gasteiger partial charge on any atom is -0.463 e. The van der Waals surface area contributed by atoms with E-state index in [1.54, 1.807) is 0 Å². The Bertz CT molecular complexity index is 341. The van der Waals surface area contributed by atoms with Gasteiger partial charge in [-0.3, -0.25) is 4.79 Å². The van der Waals surface area contributed by atoms with E-state index in [9.17, 15) is 4.79 Å². The number of hydrogen-bond acceptors (Lipinski definition) is 4. The number of carbonyl (C=O) groups is 1. The van der Waals surface area contributed by atoms with Gasteiger partial charge < -0.3 is 14.9 Å². The second-order valence-corrected chi connectivity index (χ2v) is 7.56. The first-order chi connectivity index (χ1) is 13.2. The van der Waals surface area contributed by atoms with Crippen LogP contribution in [0.15, 0.2) is 12.2 Å². The van der Waals surface area contributed by atoms with Crippen molar-refractivity contribution in [1.29, 1.82) is 0 Å². The van der Waals surface area contributed by atoms with Crippen molar-refractivity contribution in [2.75, 3.05) is 13.2 Å². The largest absolute Gasteiger partial charge is 0.463 e. The van der Waals surface area contributed by atoms with Crippen LogP contribution >= 0.6 is 0 Å². The Morgan fingerprint density at radius 3 is 1.81 bits per heavy atom. The summed E-state index contributed by atoms with van der Waals surface area (Å²) in [6.07, 6.45) is 23.0. The summed E-state index contributed by atoms with van der Waals surface area (Å²) in [5, 5.41) is 17.7. The first-order valence-corrected chi connectivity index (χ1v) is 11.3. The van der Waals surface area contributed by atoms with Crippen LogP contribution in [0.2, 0.25) is 0 Å². The molecule has 2 N–H and O–H groups in total. The van der Waals surface area contributed by atoms with Crippen molar-refractivity contribution in [1.82, 2.24) is 0 Å². The normalized spacial score (nSPS) is 12.6. The molecule has 0 fully saturated rings. The lowest BCUT2D eigenvalue weighted by Gasteiger charge is -2.08. The molecule has 0 aromatic carbocycles. The molecule has 4 nitrogen and oxygen atoms in total. The molecule has 0 aromatic heterocycles. The number of carbonyl (C=O) groups excluding carboxylic acids is 1. The van der Waals surface area contributed by atoms with E-state index in [4.69, 9.17) is 14.9 Å². The summed E-state index contributed by atoms with van der Waals surface area (Å²) in [6, 6.07) is 0. The molecular formula is C23H44O4. The van der Waals surface area contributed by atoms with Crippen LogP contribution < -0.4 is 0 Å². The van der Waals surface area contributed by atoms with Crippen LogP contribution in [0.25, 0.3) is 0 Å². The van der Waals surface area contributed by atoms with Crippen molar-refractivity contribution in [3.05, 3.63) is 12.2 Å². The molecule has 160 valence electrons. The van der Waals surface area contributed by atoms with Gasteiger partial charge in [-0.15, -0.1) is 0 Å². The first-order valence-electron chi connectivity index (χ1n) is 11.3. The number of esters is 1. The van der Waals surface area contributed by atoms with Crippen molar-refractivity contribution in [2.45, 2.75) is 116 Å². The quantitative estimate of drug-likeness (QED) is 0.160. The average molecular weight is 385 g/mol. The molecule has 1 atom stereocenters. The zero-order valence-electron chi connectivity index (χ0n) is 17.7. The van der Waals surface area contributed by atoms with Crippen molar-refractivity contribution < 1.29 is 19.7 Å². The van der Waals surface area contributed by atoms with E-state index < -0.39 is 6.10 Å². The summed E-state index contributed by atoms with van der Waals surface area (Å²) in [5.74, 6) is -0.282. The highest BCUT2D eigenvalue weighted by Crippen LogP contribution is 2.11. The van der Waals surface area contributed by atoms with Gasteiger partial charge in [0.15, 0.2) is 0 Å². The standard InChI is InChI=1S/C23H44O4/c1-2-3-4-5-6-7-8-9-10-11-12-13-14-15-16-17-18-19-23(26)27-21-22(25)20-24/h9-10,22,24-25H,2-8,11-21H2,1H3/t22-/m0/s1. The molecule has 0 aromatic rings. The number of unbranched alkanes of at least 4 members (excludes halogenated alkanes) is 13. The lowest BCUT2D eigenvalue weighted by Crippen LogP contribution is -2.21. The smallest absolute Gasteiger partial charge is 0.305 e. The number of allylic oxidation sites excluding steroid dienone is 2. The Hall–Kier alpha value is -0.870. The SMILES string of the molecule is CCCCCCCCC=CCCCCCCCCCC(=O)OC[C@@H](O)CO. The van der Waals surface area contributed by atoms with Gasteiger partial charge in [-0.1, -0.05) is 83.3 Å². The first kappa shape index (κ1) is 26.1. The number of ether oxygens (including phenoxy) is 1. The molecule has 0 radical (unpaired) electrons. The van der Waals surface area contributed by atoms with Crippen LogP contribution in [0.5, 0.6) is 0 Å². The van der Waals surface area contributed by atoms with Crippen LogP contribution in [0.3, 0.4) is 0 Å². The maximum atomic E-state index is 11.4. The van der Waals surface area contributed by atoms with Gasteiger partial charge >= 0.3 is 5.97 Å². The maximum Gasteiger partial charge on any atom is 0.305 e. The highest BCUT2D eigenvalue weighted by molar-refractivity contribution is 5.69. The average Bonchev–Trinajstić information content (AvgIpc) is 2.68. The molecule has 0 spiro atoms. The number of aliphatic hydroxyl groups excluding tert-OH is 2. The zero-order valence-corrected chi connectivity index (χ0v) is 17.7. The van der Waals surface area contributed by atoms with Crippen molar-refractivity contribution in [3.8, 4) is 0 Å². The summed E-state index contributed by atoms with van der Waals surface area (Å²) < 4.78 is 4.87. The Balaban J connectivity index is 3.20. The third-order valence-corrected chi connectivity index (χ3v) is 4.79. The molecule has 0 bridgehead atoms. The predicted molar refractivity (Wildman–Crippen MR) is 113 cm³/mol. The lowest BCUT2D eigenvalue weighted by atomic mass is 10.1. The minimum absolute atomic E-state index is 0.108. The van der Waals surface area contributed by atoms with Gasteiger partial charge in [0.05, 0.1) is 6.61 Å². The highest BCUT2D eigenvalue weighted by Gasteiger charge is 2.07. The summed E-state index contributed by atoms with van der Waals surface area (Å²) >= 11 is 0. The third-order valence-electron chi connectivity index (χ3n) is 4.79. The van der Waals surface area contributed by atoms with Gasteiger partial charge in [0.1, 0.15) is 12.7 Å². The molecule has 0 aliphatic heterocycles. The van der Waals surface area contributed by atoms with E-state index in [1.165, 1.54) is 83.5 Å². The molecular weight excluding hydrogens is 340 g/mol. The van der Waals surface area contributed by atoms with Gasteiger partial charge in [-0.25, -0.2) is 0 Å². The van der Waals surface area contributed by atoms with Crippen molar-refractivity contribution in [2.24, 2.45) is 0 Å². The molecule has 0 heterocycles. The van der Waals surface area contributed by atoms with Crippen LogP contribution in [0.4, 0.5) is 0 Å². The fourth-order valence-corrected chi connectivity index (χ4v) is 3.01. The number of aliphatic hydroxyl groups is 2. The molecule has 0 saturated heterocycles. The predicted octanol–water partition coefficient (Wildman–Crippen LogP) is 5.70. The van der Waals surface area contributed by atoms with E-state index in [0.717, 1.165) is 12.8 Å². The third kappa shape index (κ3) is 21.3. The molecule has 0 aliphatic rings. The van der Waals surface area contributed by atoms with E-state index >= 15 is 0 Å². The molecule has 0 rings (SSSR count). The molecule has 0 unspecified atom stereocenters. The Labute approximate surface area is 167 Å². The molecule has 0 aliphatic carbocycles. The summed E-state index contributed by atoms with van der Waals surface area (Å²) in [4.78, 5) is 11.4. The summed E-state index contributed by atoms with van der Waals surface area (Å²) in [6.45, 7) is 1.78. The van der Waals surface area contributed by atoms with Gasteiger partial charge in [-0.05, 0) is 32.1 Å². The molecule has 0 amide bonds. The summed E-state index contributed by atoms with van der Waals surface area (Å²) in [5.41, 5.74) is 0. The van der Waals surface area contributed by atoms with Crippen molar-refractivity contribution >= 4 is 5.97 Å². The fourth-order valence-electron chi connectivity index (χ4n) is 3.01. The number of rotatable bonds is 20. The Morgan fingerprint density at radius 2 is 1.30 bits per heavy atom. The van der Waals surface area contributed by atoms with Gasteiger partial charge in [0.25, 0.3) is 0 Å². The Kier molecular flexibility index (Phi) is 20.7. The topological polar surface area (TPSA) is 66.8 Å². The van der Waals surface area contributed by atoms with E-state index in [1.807, 2.05) is 0 Å². The van der Waals surface area contributed by atoms with Gasteiger partial charge in [0.2, 0.25) is 0 Å². The zero-order chi connectivity index (χ0) is 20.0. The molecule has 4 heteroatoms. The minimum atomic E-state index is -0.959. The second kappa shape index (κ2) is 21.4. The fraction of sp³-hybridized carbons (Fsp3) is 0.870. The Morgan fingerprint density at radius 1 is 0.815 bits per heavy atom.